The molecule has 1 heterocycles. The van der Waals surface area contributed by atoms with Crippen molar-refractivity contribution in [1.29, 1.82) is 0 Å². The molecule has 1 N–H and O–H groups in total. The first-order valence-electron chi connectivity index (χ1n) is 7.94. The molecule has 24 heavy (non-hydrogen) atoms. The van der Waals surface area contributed by atoms with E-state index in [1.54, 1.807) is 31.4 Å². The highest BCUT2D eigenvalue weighted by Crippen LogP contribution is 2.24. The van der Waals surface area contributed by atoms with Crippen LogP contribution < -0.4 is 10.1 Å². The molecule has 0 spiro atoms. The summed E-state index contributed by atoms with van der Waals surface area (Å²) in [4.78, 5) is 0. The van der Waals surface area contributed by atoms with Crippen molar-refractivity contribution >= 4 is 0 Å². The quantitative estimate of drug-likeness (QED) is 0.653. The molecule has 0 saturated carbocycles. The Hall–Kier alpha value is -2.59. The molecule has 3 aromatic rings. The van der Waals surface area contributed by atoms with Crippen molar-refractivity contribution in [1.82, 2.24) is 5.32 Å². The highest BCUT2D eigenvalue weighted by molar-refractivity contribution is 5.58. The van der Waals surface area contributed by atoms with Crippen LogP contribution in [-0.4, -0.2) is 13.7 Å². The van der Waals surface area contributed by atoms with E-state index in [1.165, 1.54) is 11.6 Å². The number of hydrogen-bond donors (Lipinski definition) is 1. The van der Waals surface area contributed by atoms with Crippen LogP contribution in [0.15, 0.2) is 65.1 Å². The topological polar surface area (TPSA) is 34.4 Å². The Labute approximate surface area is 141 Å². The van der Waals surface area contributed by atoms with Crippen LogP contribution in [0.4, 0.5) is 4.39 Å². The first-order valence-corrected chi connectivity index (χ1v) is 7.94. The Morgan fingerprint density at radius 2 is 1.79 bits per heavy atom. The summed E-state index contributed by atoms with van der Waals surface area (Å²) in [5.41, 5.74) is 1.65. The Morgan fingerprint density at radius 3 is 2.62 bits per heavy atom. The van der Waals surface area contributed by atoms with Crippen molar-refractivity contribution in [2.24, 2.45) is 0 Å². The van der Waals surface area contributed by atoms with Gasteiger partial charge in [-0.15, -0.1) is 0 Å². The summed E-state index contributed by atoms with van der Waals surface area (Å²) in [5, 5.41) is 3.34. The summed E-state index contributed by atoms with van der Waals surface area (Å²) < 4.78 is 24.8. The van der Waals surface area contributed by atoms with E-state index in [2.05, 4.69) is 11.4 Å². The Balaban J connectivity index is 1.54. The fraction of sp³-hybridized carbons (Fsp3) is 0.200. The second-order valence-electron chi connectivity index (χ2n) is 5.48. The number of ether oxygens (including phenoxy) is 1. The van der Waals surface area contributed by atoms with Crippen LogP contribution in [0, 0.1) is 5.82 Å². The average molecular weight is 325 g/mol. The molecule has 0 aliphatic rings. The smallest absolute Gasteiger partial charge is 0.137 e. The third-order valence-corrected chi connectivity index (χ3v) is 3.86. The molecule has 3 rings (SSSR count). The lowest BCUT2D eigenvalue weighted by Gasteiger charge is -2.08. The van der Waals surface area contributed by atoms with Crippen molar-refractivity contribution in [3.8, 4) is 17.1 Å². The monoisotopic (exact) mass is 325 g/mol. The molecular weight excluding hydrogens is 305 g/mol. The van der Waals surface area contributed by atoms with Gasteiger partial charge in [-0.1, -0.05) is 30.3 Å². The fourth-order valence-electron chi connectivity index (χ4n) is 2.62. The predicted molar refractivity (Wildman–Crippen MR) is 92.5 cm³/mol. The Bertz CT molecular complexity index is 798. The van der Waals surface area contributed by atoms with E-state index >= 15 is 0 Å². The zero-order chi connectivity index (χ0) is 16.8. The van der Waals surface area contributed by atoms with Crippen molar-refractivity contribution in [3.05, 3.63) is 77.8 Å². The van der Waals surface area contributed by atoms with Crippen molar-refractivity contribution in [3.63, 3.8) is 0 Å². The second kappa shape index (κ2) is 7.79. The first-order chi connectivity index (χ1) is 11.8. The molecule has 0 atom stereocenters. The minimum absolute atomic E-state index is 0.275. The van der Waals surface area contributed by atoms with Crippen LogP contribution in [0.3, 0.4) is 0 Å². The van der Waals surface area contributed by atoms with Crippen LogP contribution in [0.1, 0.15) is 11.3 Å². The molecule has 0 aliphatic carbocycles. The summed E-state index contributed by atoms with van der Waals surface area (Å²) in [6.07, 6.45) is 0.866. The molecule has 0 fully saturated rings. The van der Waals surface area contributed by atoms with Gasteiger partial charge in [0.1, 0.15) is 23.1 Å². The van der Waals surface area contributed by atoms with Gasteiger partial charge in [0.15, 0.2) is 0 Å². The van der Waals surface area contributed by atoms with E-state index in [-0.39, 0.29) is 5.82 Å². The summed E-state index contributed by atoms with van der Waals surface area (Å²) in [7, 11) is 1.68. The molecule has 0 saturated heterocycles. The number of hydrogen-bond acceptors (Lipinski definition) is 3. The molecule has 0 aliphatic heterocycles. The highest BCUT2D eigenvalue weighted by Gasteiger charge is 2.09. The van der Waals surface area contributed by atoms with E-state index in [0.717, 1.165) is 24.5 Å². The minimum atomic E-state index is -0.275. The summed E-state index contributed by atoms with van der Waals surface area (Å²) in [6.45, 7) is 1.40. The molecule has 0 amide bonds. The van der Waals surface area contributed by atoms with Gasteiger partial charge in [-0.3, -0.25) is 0 Å². The normalized spacial score (nSPS) is 10.8. The number of para-hydroxylation sites is 1. The van der Waals surface area contributed by atoms with Gasteiger partial charge in [-0.05, 0) is 48.9 Å². The number of rotatable bonds is 7. The summed E-state index contributed by atoms with van der Waals surface area (Å²) in [5.74, 6) is 1.96. The first kappa shape index (κ1) is 16.3. The molecular formula is C20H20FNO2. The van der Waals surface area contributed by atoms with Gasteiger partial charge in [0.25, 0.3) is 0 Å². The summed E-state index contributed by atoms with van der Waals surface area (Å²) >= 11 is 0. The molecule has 2 aromatic carbocycles. The maximum atomic E-state index is 13.8. The zero-order valence-electron chi connectivity index (χ0n) is 13.6. The number of benzene rings is 2. The van der Waals surface area contributed by atoms with Gasteiger partial charge in [-0.25, -0.2) is 4.39 Å². The van der Waals surface area contributed by atoms with Crippen molar-refractivity contribution < 1.29 is 13.5 Å². The summed E-state index contributed by atoms with van der Waals surface area (Å²) in [6, 6.07) is 18.3. The number of furan rings is 1. The van der Waals surface area contributed by atoms with E-state index in [1.807, 2.05) is 24.3 Å². The molecule has 0 radical (unpaired) electrons. The van der Waals surface area contributed by atoms with Crippen molar-refractivity contribution in [2.75, 3.05) is 13.7 Å². The number of nitrogens with one attached hydrogen (secondary N) is 1. The largest absolute Gasteiger partial charge is 0.496 e. The van der Waals surface area contributed by atoms with Gasteiger partial charge in [0.2, 0.25) is 0 Å². The Kier molecular flexibility index (Phi) is 5.29. The van der Waals surface area contributed by atoms with Gasteiger partial charge in [-0.2, -0.15) is 0 Å². The molecule has 0 unspecified atom stereocenters. The highest BCUT2D eigenvalue weighted by atomic mass is 19.1. The molecule has 0 bridgehead atoms. The molecule has 3 nitrogen and oxygen atoms in total. The van der Waals surface area contributed by atoms with E-state index in [9.17, 15) is 4.39 Å². The fourth-order valence-corrected chi connectivity index (χ4v) is 2.62. The maximum absolute atomic E-state index is 13.8. The van der Waals surface area contributed by atoms with E-state index < -0.39 is 0 Å². The van der Waals surface area contributed by atoms with Crippen molar-refractivity contribution in [2.45, 2.75) is 13.0 Å². The molecule has 124 valence electrons. The minimum Gasteiger partial charge on any atom is -0.496 e. The van der Waals surface area contributed by atoms with E-state index in [0.29, 0.717) is 17.9 Å². The lowest BCUT2D eigenvalue weighted by molar-refractivity contribution is 0.408. The zero-order valence-corrected chi connectivity index (χ0v) is 13.6. The molecule has 1 aromatic heterocycles. The average Bonchev–Trinajstić information content (AvgIpc) is 3.08. The van der Waals surface area contributed by atoms with Crippen LogP contribution in [0.5, 0.6) is 5.75 Å². The maximum Gasteiger partial charge on any atom is 0.137 e. The molecule has 4 heteroatoms. The van der Waals surface area contributed by atoms with Crippen LogP contribution in [0.2, 0.25) is 0 Å². The lowest BCUT2D eigenvalue weighted by atomic mass is 10.1. The van der Waals surface area contributed by atoms with Crippen LogP contribution in [-0.2, 0) is 13.0 Å². The van der Waals surface area contributed by atoms with E-state index in [4.69, 9.17) is 9.15 Å². The Morgan fingerprint density at radius 1 is 1.00 bits per heavy atom. The second-order valence-corrected chi connectivity index (χ2v) is 5.48. The van der Waals surface area contributed by atoms with Crippen LogP contribution in [0.25, 0.3) is 11.3 Å². The standard InChI is InChI=1S/C20H20FNO2/c1-23-19-9-5-2-6-15(19)12-13-22-14-16-10-11-20(24-16)17-7-3-4-8-18(17)21/h2-11,22H,12-14H2,1H3. The van der Waals surface area contributed by atoms with Gasteiger partial charge in [0.05, 0.1) is 19.2 Å². The van der Waals surface area contributed by atoms with Crippen LogP contribution >= 0.6 is 0 Å². The third-order valence-electron chi connectivity index (χ3n) is 3.86. The predicted octanol–water partition coefficient (Wildman–Crippen LogP) is 4.43. The number of methoxy groups -OCH3 is 1. The van der Waals surface area contributed by atoms with Gasteiger partial charge in [0, 0.05) is 0 Å². The number of halogens is 1. The van der Waals surface area contributed by atoms with Gasteiger partial charge < -0.3 is 14.5 Å². The SMILES string of the molecule is COc1ccccc1CCNCc1ccc(-c2ccccc2F)o1. The van der Waals surface area contributed by atoms with Gasteiger partial charge >= 0.3 is 0 Å². The third kappa shape index (κ3) is 3.84. The lowest BCUT2D eigenvalue weighted by Crippen LogP contribution is -2.16.